The van der Waals surface area contributed by atoms with Gasteiger partial charge in [0.25, 0.3) is 0 Å². The average molecular weight is 212 g/mol. The van der Waals surface area contributed by atoms with Gasteiger partial charge in [-0.3, -0.25) is 0 Å². The van der Waals surface area contributed by atoms with Gasteiger partial charge in [0.1, 0.15) is 0 Å². The number of allylic oxidation sites excluding steroid dienone is 1. The van der Waals surface area contributed by atoms with Crippen molar-refractivity contribution in [3.8, 4) is 0 Å². The molecule has 0 aliphatic heterocycles. The second kappa shape index (κ2) is 4.19. The first-order valence-corrected chi connectivity index (χ1v) is 4.24. The summed E-state index contributed by atoms with van der Waals surface area (Å²) in [4.78, 5) is 0. The van der Waals surface area contributed by atoms with Gasteiger partial charge in [-0.05, 0) is 24.3 Å². The van der Waals surface area contributed by atoms with Gasteiger partial charge in [-0.2, -0.15) is 0 Å². The molecule has 58 valence electrons. The van der Waals surface area contributed by atoms with Crippen LogP contribution in [0.15, 0.2) is 41.0 Å². The molecule has 0 radical (unpaired) electrons. The van der Waals surface area contributed by atoms with Crippen molar-refractivity contribution in [3.05, 3.63) is 46.6 Å². The standard InChI is InChI=1S/C9H10BrN/c10-9-6-2-1-4-8(9)5-3-7-11/h1-4,6-7H,5,11H2. The molecule has 1 aromatic rings. The molecule has 0 aromatic heterocycles. The fourth-order valence-corrected chi connectivity index (χ4v) is 1.31. The van der Waals surface area contributed by atoms with E-state index in [0.717, 1.165) is 10.9 Å². The van der Waals surface area contributed by atoms with Gasteiger partial charge in [-0.25, -0.2) is 0 Å². The molecule has 2 heteroatoms. The van der Waals surface area contributed by atoms with E-state index in [1.54, 1.807) is 6.20 Å². The predicted molar refractivity (Wildman–Crippen MR) is 51.2 cm³/mol. The molecule has 0 aliphatic rings. The third kappa shape index (κ3) is 2.39. The zero-order chi connectivity index (χ0) is 8.10. The first kappa shape index (κ1) is 8.34. The van der Waals surface area contributed by atoms with Crippen LogP contribution < -0.4 is 5.73 Å². The third-order valence-electron chi connectivity index (χ3n) is 1.43. The maximum absolute atomic E-state index is 5.23. The molecule has 0 heterocycles. The van der Waals surface area contributed by atoms with Crippen molar-refractivity contribution in [1.82, 2.24) is 0 Å². The van der Waals surface area contributed by atoms with Gasteiger partial charge in [0.15, 0.2) is 0 Å². The first-order valence-electron chi connectivity index (χ1n) is 3.44. The Balaban J connectivity index is 2.77. The van der Waals surface area contributed by atoms with E-state index in [1.165, 1.54) is 5.56 Å². The van der Waals surface area contributed by atoms with Crippen LogP contribution in [0.25, 0.3) is 0 Å². The number of hydrogen-bond donors (Lipinski definition) is 1. The molecular formula is C9H10BrN. The molecule has 1 aromatic carbocycles. The fraction of sp³-hybridized carbons (Fsp3) is 0.111. The van der Waals surface area contributed by atoms with Crippen LogP contribution in [0.1, 0.15) is 5.56 Å². The highest BCUT2D eigenvalue weighted by Gasteiger charge is 1.93. The van der Waals surface area contributed by atoms with Crippen molar-refractivity contribution < 1.29 is 0 Å². The zero-order valence-corrected chi connectivity index (χ0v) is 7.71. The minimum atomic E-state index is 0.887. The molecule has 0 fully saturated rings. The lowest BCUT2D eigenvalue weighted by Crippen LogP contribution is -1.84. The summed E-state index contributed by atoms with van der Waals surface area (Å²) in [6, 6.07) is 8.12. The molecule has 0 amide bonds. The summed E-state index contributed by atoms with van der Waals surface area (Å²) in [6.07, 6.45) is 4.39. The lowest BCUT2D eigenvalue weighted by Gasteiger charge is -1.98. The van der Waals surface area contributed by atoms with Crippen molar-refractivity contribution in [2.24, 2.45) is 5.73 Å². The van der Waals surface area contributed by atoms with Crippen molar-refractivity contribution in [2.75, 3.05) is 0 Å². The molecule has 0 saturated heterocycles. The first-order chi connectivity index (χ1) is 5.34. The van der Waals surface area contributed by atoms with E-state index in [2.05, 4.69) is 22.0 Å². The Morgan fingerprint density at radius 3 is 2.73 bits per heavy atom. The fourth-order valence-electron chi connectivity index (χ4n) is 0.859. The van der Waals surface area contributed by atoms with Gasteiger partial charge in [0.05, 0.1) is 0 Å². The highest BCUT2D eigenvalue weighted by atomic mass is 79.9. The van der Waals surface area contributed by atoms with Gasteiger partial charge in [0, 0.05) is 4.47 Å². The Bertz CT molecular complexity index is 255. The van der Waals surface area contributed by atoms with Crippen LogP contribution in [0.4, 0.5) is 0 Å². The summed E-state index contributed by atoms with van der Waals surface area (Å²) < 4.78 is 1.14. The van der Waals surface area contributed by atoms with Crippen molar-refractivity contribution >= 4 is 15.9 Å². The minimum absolute atomic E-state index is 0.887. The second-order valence-electron chi connectivity index (χ2n) is 2.22. The zero-order valence-electron chi connectivity index (χ0n) is 6.13. The lowest BCUT2D eigenvalue weighted by atomic mass is 10.1. The molecule has 0 saturated carbocycles. The van der Waals surface area contributed by atoms with E-state index in [0.29, 0.717) is 0 Å². The van der Waals surface area contributed by atoms with Gasteiger partial charge < -0.3 is 5.73 Å². The summed E-state index contributed by atoms with van der Waals surface area (Å²) in [5.74, 6) is 0. The van der Waals surface area contributed by atoms with Gasteiger partial charge in [-0.15, -0.1) is 0 Å². The third-order valence-corrected chi connectivity index (χ3v) is 2.21. The highest BCUT2D eigenvalue weighted by molar-refractivity contribution is 9.10. The van der Waals surface area contributed by atoms with E-state index in [4.69, 9.17) is 5.73 Å². The summed E-state index contributed by atoms with van der Waals surface area (Å²) in [5.41, 5.74) is 6.49. The predicted octanol–water partition coefficient (Wildman–Crippen LogP) is 2.46. The molecular weight excluding hydrogens is 202 g/mol. The van der Waals surface area contributed by atoms with E-state index in [9.17, 15) is 0 Å². The SMILES string of the molecule is NC=CCc1ccccc1Br. The van der Waals surface area contributed by atoms with Crippen LogP contribution in [0.3, 0.4) is 0 Å². The summed E-state index contributed by atoms with van der Waals surface area (Å²) in [7, 11) is 0. The molecule has 0 spiro atoms. The smallest absolute Gasteiger partial charge is 0.0210 e. The van der Waals surface area contributed by atoms with Gasteiger partial charge >= 0.3 is 0 Å². The molecule has 2 N–H and O–H groups in total. The van der Waals surface area contributed by atoms with E-state index < -0.39 is 0 Å². The van der Waals surface area contributed by atoms with Gasteiger partial charge in [-0.1, -0.05) is 40.2 Å². The number of halogens is 1. The Morgan fingerprint density at radius 1 is 1.36 bits per heavy atom. The lowest BCUT2D eigenvalue weighted by molar-refractivity contribution is 1.24. The van der Waals surface area contributed by atoms with Crippen LogP contribution in [0.5, 0.6) is 0 Å². The van der Waals surface area contributed by atoms with Crippen LogP contribution in [0, 0.1) is 0 Å². The highest BCUT2D eigenvalue weighted by Crippen LogP contribution is 2.16. The summed E-state index contributed by atoms with van der Waals surface area (Å²) >= 11 is 3.45. The number of hydrogen-bond acceptors (Lipinski definition) is 1. The number of rotatable bonds is 2. The second-order valence-corrected chi connectivity index (χ2v) is 3.08. The Hall–Kier alpha value is -0.760. The quantitative estimate of drug-likeness (QED) is 0.800. The van der Waals surface area contributed by atoms with E-state index >= 15 is 0 Å². The monoisotopic (exact) mass is 211 g/mol. The number of nitrogens with two attached hydrogens (primary N) is 1. The Kier molecular flexibility index (Phi) is 3.17. The van der Waals surface area contributed by atoms with Crippen LogP contribution >= 0.6 is 15.9 Å². The maximum Gasteiger partial charge on any atom is 0.0210 e. The van der Waals surface area contributed by atoms with E-state index in [1.807, 2.05) is 24.3 Å². The minimum Gasteiger partial charge on any atom is -0.405 e. The Morgan fingerprint density at radius 2 is 2.09 bits per heavy atom. The largest absolute Gasteiger partial charge is 0.405 e. The van der Waals surface area contributed by atoms with Crippen molar-refractivity contribution in [2.45, 2.75) is 6.42 Å². The Labute approximate surface area is 75.0 Å². The van der Waals surface area contributed by atoms with Crippen LogP contribution in [-0.4, -0.2) is 0 Å². The summed E-state index contributed by atoms with van der Waals surface area (Å²) in [6.45, 7) is 0. The van der Waals surface area contributed by atoms with E-state index in [-0.39, 0.29) is 0 Å². The normalized spacial score (nSPS) is 10.6. The number of benzene rings is 1. The molecule has 0 atom stereocenters. The van der Waals surface area contributed by atoms with Gasteiger partial charge in [0.2, 0.25) is 0 Å². The maximum atomic E-state index is 5.23. The topological polar surface area (TPSA) is 26.0 Å². The van der Waals surface area contributed by atoms with Crippen molar-refractivity contribution in [1.29, 1.82) is 0 Å². The summed E-state index contributed by atoms with van der Waals surface area (Å²) in [5, 5.41) is 0. The molecule has 0 aliphatic carbocycles. The molecule has 1 nitrogen and oxygen atoms in total. The van der Waals surface area contributed by atoms with Crippen LogP contribution in [-0.2, 0) is 6.42 Å². The molecule has 0 bridgehead atoms. The van der Waals surface area contributed by atoms with Crippen LogP contribution in [0.2, 0.25) is 0 Å². The molecule has 1 rings (SSSR count). The average Bonchev–Trinajstić information content (AvgIpc) is 2.03. The molecule has 0 unspecified atom stereocenters. The molecule has 11 heavy (non-hydrogen) atoms. The van der Waals surface area contributed by atoms with Crippen molar-refractivity contribution in [3.63, 3.8) is 0 Å².